The maximum Gasteiger partial charge on any atom is 0.170 e. The number of oxime groups is 1. The smallest absolute Gasteiger partial charge is 0.170 e. The molecule has 0 atom stereocenters. The maximum atomic E-state index is 13.6. The van der Waals surface area contributed by atoms with Gasteiger partial charge in [-0.25, -0.2) is 8.78 Å². The van der Waals surface area contributed by atoms with Crippen molar-refractivity contribution in [3.05, 3.63) is 63.6 Å². The summed E-state index contributed by atoms with van der Waals surface area (Å²) in [5.41, 5.74) is 7.10. The second kappa shape index (κ2) is 6.53. The van der Waals surface area contributed by atoms with E-state index in [9.17, 15) is 8.78 Å². The fourth-order valence-electron chi connectivity index (χ4n) is 1.71. The molecule has 0 aliphatic rings. The molecular weight excluding hydrogens is 344 g/mol. The Labute approximate surface area is 128 Å². The monoisotopic (exact) mass is 355 g/mol. The summed E-state index contributed by atoms with van der Waals surface area (Å²) in [4.78, 5) is 0. The van der Waals surface area contributed by atoms with Gasteiger partial charge in [-0.1, -0.05) is 29.4 Å². The lowest BCUT2D eigenvalue weighted by Gasteiger charge is -2.09. The highest BCUT2D eigenvalue weighted by Crippen LogP contribution is 2.24. The Bertz CT molecular complexity index is 675. The average molecular weight is 356 g/mol. The Morgan fingerprint density at radius 1 is 1.19 bits per heavy atom. The lowest BCUT2D eigenvalue weighted by atomic mass is 10.1. The summed E-state index contributed by atoms with van der Waals surface area (Å²) >= 11 is 3.01. The standard InChI is InChI=1S/C14H12BrF2N3O/c15-10-5-13(12(17)6-11(10)16)19-7-8-1-3-9(4-2-8)14(18)20-21/h1-6,19,21H,7H2,(H2,18,20). The number of halogens is 3. The Kier molecular flexibility index (Phi) is 4.74. The Hall–Kier alpha value is -2.15. The fourth-order valence-corrected chi connectivity index (χ4v) is 2.05. The highest BCUT2D eigenvalue weighted by atomic mass is 79.9. The third-order valence-corrected chi connectivity index (χ3v) is 3.46. The molecule has 110 valence electrons. The largest absolute Gasteiger partial charge is 0.409 e. The van der Waals surface area contributed by atoms with Crippen LogP contribution in [0.15, 0.2) is 46.0 Å². The van der Waals surface area contributed by atoms with Crippen molar-refractivity contribution in [2.24, 2.45) is 10.9 Å². The minimum atomic E-state index is -0.663. The Morgan fingerprint density at radius 2 is 1.86 bits per heavy atom. The molecule has 0 bridgehead atoms. The topological polar surface area (TPSA) is 70.6 Å². The van der Waals surface area contributed by atoms with Crippen LogP contribution in [0.3, 0.4) is 0 Å². The fraction of sp³-hybridized carbons (Fsp3) is 0.0714. The first-order valence-corrected chi connectivity index (χ1v) is 6.76. The number of benzene rings is 2. The second-order valence-electron chi connectivity index (χ2n) is 4.28. The first-order chi connectivity index (χ1) is 10.0. The van der Waals surface area contributed by atoms with E-state index in [0.717, 1.165) is 11.6 Å². The van der Waals surface area contributed by atoms with Gasteiger partial charge in [0.1, 0.15) is 11.6 Å². The van der Waals surface area contributed by atoms with Gasteiger partial charge in [-0.3, -0.25) is 0 Å². The van der Waals surface area contributed by atoms with Gasteiger partial charge >= 0.3 is 0 Å². The van der Waals surface area contributed by atoms with Gasteiger partial charge in [0.2, 0.25) is 0 Å². The number of nitrogens with two attached hydrogens (primary N) is 1. The summed E-state index contributed by atoms with van der Waals surface area (Å²) in [6.45, 7) is 0.353. The molecule has 21 heavy (non-hydrogen) atoms. The summed E-state index contributed by atoms with van der Waals surface area (Å²) in [6.07, 6.45) is 0. The van der Waals surface area contributed by atoms with Crippen LogP contribution in [0.25, 0.3) is 0 Å². The van der Waals surface area contributed by atoms with Crippen molar-refractivity contribution >= 4 is 27.5 Å². The highest BCUT2D eigenvalue weighted by molar-refractivity contribution is 9.10. The third kappa shape index (κ3) is 3.69. The van der Waals surface area contributed by atoms with Crippen LogP contribution in [0.5, 0.6) is 0 Å². The lowest BCUT2D eigenvalue weighted by Crippen LogP contribution is -2.13. The molecule has 0 heterocycles. The van der Waals surface area contributed by atoms with Gasteiger partial charge in [0.05, 0.1) is 10.2 Å². The number of nitrogens with zero attached hydrogens (tertiary/aromatic N) is 1. The number of rotatable bonds is 4. The van der Waals surface area contributed by atoms with Gasteiger partial charge in [0.15, 0.2) is 5.84 Å². The predicted octanol–water partition coefficient (Wildman–Crippen LogP) is 3.43. The molecule has 2 aromatic carbocycles. The van der Waals surface area contributed by atoms with E-state index in [-0.39, 0.29) is 16.0 Å². The third-order valence-electron chi connectivity index (χ3n) is 2.85. The number of nitrogens with one attached hydrogen (secondary N) is 1. The van der Waals surface area contributed by atoms with Crippen molar-refractivity contribution < 1.29 is 14.0 Å². The highest BCUT2D eigenvalue weighted by Gasteiger charge is 2.08. The predicted molar refractivity (Wildman–Crippen MR) is 80.3 cm³/mol. The van der Waals surface area contributed by atoms with Gasteiger partial charge in [-0.2, -0.15) is 0 Å². The minimum absolute atomic E-state index is 0.0167. The van der Waals surface area contributed by atoms with E-state index in [1.54, 1.807) is 24.3 Å². The van der Waals surface area contributed by atoms with Crippen LogP contribution >= 0.6 is 15.9 Å². The zero-order chi connectivity index (χ0) is 15.4. The first kappa shape index (κ1) is 15.2. The number of hydrogen-bond donors (Lipinski definition) is 3. The van der Waals surface area contributed by atoms with Crippen LogP contribution in [-0.4, -0.2) is 11.0 Å². The van der Waals surface area contributed by atoms with Crippen molar-refractivity contribution in [2.75, 3.05) is 5.32 Å². The minimum Gasteiger partial charge on any atom is -0.409 e. The van der Waals surface area contributed by atoms with E-state index in [0.29, 0.717) is 12.1 Å². The Balaban J connectivity index is 2.08. The molecule has 0 aliphatic carbocycles. The van der Waals surface area contributed by atoms with Crippen LogP contribution in [0.4, 0.5) is 14.5 Å². The molecule has 2 aromatic rings. The molecule has 0 spiro atoms. The Morgan fingerprint density at radius 3 is 2.48 bits per heavy atom. The van der Waals surface area contributed by atoms with Gasteiger partial charge in [0.25, 0.3) is 0 Å². The molecule has 0 saturated carbocycles. The molecule has 0 aliphatic heterocycles. The van der Waals surface area contributed by atoms with E-state index in [1.807, 2.05) is 0 Å². The van der Waals surface area contributed by atoms with Crippen molar-refractivity contribution in [3.8, 4) is 0 Å². The lowest BCUT2D eigenvalue weighted by molar-refractivity contribution is 0.318. The second-order valence-corrected chi connectivity index (χ2v) is 5.14. The molecule has 0 amide bonds. The zero-order valence-electron chi connectivity index (χ0n) is 10.8. The average Bonchev–Trinajstić information content (AvgIpc) is 2.49. The van der Waals surface area contributed by atoms with Crippen LogP contribution in [0.2, 0.25) is 0 Å². The molecule has 4 N–H and O–H groups in total. The molecule has 0 radical (unpaired) electrons. The van der Waals surface area contributed by atoms with Crippen molar-refractivity contribution in [3.63, 3.8) is 0 Å². The zero-order valence-corrected chi connectivity index (χ0v) is 12.4. The van der Waals surface area contributed by atoms with Gasteiger partial charge in [0, 0.05) is 18.2 Å². The van der Waals surface area contributed by atoms with E-state index in [2.05, 4.69) is 26.4 Å². The van der Waals surface area contributed by atoms with Gasteiger partial charge in [-0.05, 0) is 27.6 Å². The van der Waals surface area contributed by atoms with Crippen LogP contribution < -0.4 is 11.1 Å². The molecule has 0 fully saturated rings. The summed E-state index contributed by atoms with van der Waals surface area (Å²) in [7, 11) is 0. The normalized spacial score (nSPS) is 11.5. The number of anilines is 1. The number of amidine groups is 1. The summed E-state index contributed by atoms with van der Waals surface area (Å²) in [5, 5.41) is 14.3. The summed E-state index contributed by atoms with van der Waals surface area (Å²) < 4.78 is 26.9. The molecule has 0 saturated heterocycles. The molecule has 4 nitrogen and oxygen atoms in total. The quantitative estimate of drug-likeness (QED) is 0.258. The first-order valence-electron chi connectivity index (χ1n) is 5.96. The number of hydrogen-bond acceptors (Lipinski definition) is 3. The van der Waals surface area contributed by atoms with E-state index >= 15 is 0 Å². The maximum absolute atomic E-state index is 13.6. The SMILES string of the molecule is N/C(=N/O)c1ccc(CNc2cc(Br)c(F)cc2F)cc1. The van der Waals surface area contributed by atoms with Crippen LogP contribution in [0, 0.1) is 11.6 Å². The summed E-state index contributed by atoms with van der Waals surface area (Å²) in [5.74, 6) is -1.30. The molecule has 2 rings (SSSR count). The van der Waals surface area contributed by atoms with Crippen molar-refractivity contribution in [2.45, 2.75) is 6.54 Å². The molecular formula is C14H12BrF2N3O. The van der Waals surface area contributed by atoms with Crippen molar-refractivity contribution in [1.29, 1.82) is 0 Å². The van der Waals surface area contributed by atoms with E-state index in [1.165, 1.54) is 6.07 Å². The van der Waals surface area contributed by atoms with Gasteiger partial charge < -0.3 is 16.3 Å². The van der Waals surface area contributed by atoms with E-state index < -0.39 is 11.6 Å². The molecule has 0 aromatic heterocycles. The van der Waals surface area contributed by atoms with Crippen LogP contribution in [-0.2, 0) is 6.54 Å². The molecule has 0 unspecified atom stereocenters. The van der Waals surface area contributed by atoms with Crippen molar-refractivity contribution in [1.82, 2.24) is 0 Å². The van der Waals surface area contributed by atoms with E-state index in [4.69, 9.17) is 10.9 Å². The van der Waals surface area contributed by atoms with Gasteiger partial charge in [-0.15, -0.1) is 0 Å². The van der Waals surface area contributed by atoms with Crippen LogP contribution in [0.1, 0.15) is 11.1 Å². The molecule has 7 heteroatoms. The summed E-state index contributed by atoms with van der Waals surface area (Å²) in [6, 6.07) is 9.04.